The van der Waals surface area contributed by atoms with Gasteiger partial charge in [0.15, 0.2) is 0 Å². The molecular formula is C23H28N6O3S. The molecule has 0 saturated heterocycles. The summed E-state index contributed by atoms with van der Waals surface area (Å²) < 4.78 is 30.2. The van der Waals surface area contributed by atoms with Crippen LogP contribution in [0.4, 0.5) is 5.69 Å². The van der Waals surface area contributed by atoms with E-state index >= 15 is 0 Å². The van der Waals surface area contributed by atoms with E-state index in [1.807, 2.05) is 26.8 Å². The van der Waals surface area contributed by atoms with Gasteiger partial charge in [-0.1, -0.05) is 6.42 Å². The minimum Gasteiger partial charge on any atom is -0.319 e. The zero-order valence-corrected chi connectivity index (χ0v) is 19.8. The minimum absolute atomic E-state index is 0.00532. The highest BCUT2D eigenvalue weighted by Gasteiger charge is 2.42. The highest BCUT2D eigenvalue weighted by atomic mass is 32.2. The van der Waals surface area contributed by atoms with Crippen LogP contribution in [0.2, 0.25) is 0 Å². The maximum Gasteiger partial charge on any atom is 0.295 e. The summed E-state index contributed by atoms with van der Waals surface area (Å²) in [7, 11) is -3.64. The average molecular weight is 469 g/mol. The fourth-order valence-electron chi connectivity index (χ4n) is 5.47. The third-order valence-corrected chi connectivity index (χ3v) is 8.59. The smallest absolute Gasteiger partial charge is 0.295 e. The highest BCUT2D eigenvalue weighted by molar-refractivity contribution is 7.89. The summed E-state index contributed by atoms with van der Waals surface area (Å²) in [4.78, 5) is 21.3. The number of carbonyl (C=O) groups excluding carboxylic acids is 1. The second-order valence-electron chi connectivity index (χ2n) is 9.41. The molecule has 2 saturated carbocycles. The number of aryl methyl sites for hydroxylation is 2. The fourth-order valence-corrected chi connectivity index (χ4v) is 6.77. The molecular weight excluding hydrogens is 440 g/mol. The van der Waals surface area contributed by atoms with Gasteiger partial charge in [-0.05, 0) is 88.1 Å². The lowest BCUT2D eigenvalue weighted by Gasteiger charge is -2.28. The van der Waals surface area contributed by atoms with Crippen molar-refractivity contribution in [1.82, 2.24) is 24.3 Å². The lowest BCUT2D eigenvalue weighted by Crippen LogP contribution is -2.40. The molecule has 174 valence electrons. The number of aromatic nitrogens is 4. The molecule has 2 aromatic heterocycles. The third-order valence-electron chi connectivity index (χ3n) is 7.02. The van der Waals surface area contributed by atoms with Gasteiger partial charge in [0.2, 0.25) is 15.8 Å². The Hall–Kier alpha value is -2.85. The number of amides is 1. The number of benzene rings is 1. The van der Waals surface area contributed by atoms with Gasteiger partial charge in [-0.15, -0.1) is 5.10 Å². The molecule has 1 aromatic carbocycles. The molecule has 2 aliphatic carbocycles. The molecule has 5 rings (SSSR count). The lowest BCUT2D eigenvalue weighted by molar-refractivity contribution is 0.101. The first-order chi connectivity index (χ1) is 15.7. The van der Waals surface area contributed by atoms with E-state index in [2.05, 4.69) is 25.1 Å². The number of hydrogen-bond donors (Lipinski definition) is 2. The van der Waals surface area contributed by atoms with E-state index in [0.29, 0.717) is 23.3 Å². The first kappa shape index (κ1) is 22.0. The van der Waals surface area contributed by atoms with E-state index in [0.717, 1.165) is 23.7 Å². The topological polar surface area (TPSA) is 118 Å². The van der Waals surface area contributed by atoms with Crippen molar-refractivity contribution in [3.05, 3.63) is 47.5 Å². The Morgan fingerprint density at radius 3 is 2.55 bits per heavy atom. The molecule has 4 atom stereocenters. The zero-order valence-electron chi connectivity index (χ0n) is 18.9. The van der Waals surface area contributed by atoms with Crippen LogP contribution >= 0.6 is 0 Å². The van der Waals surface area contributed by atoms with Gasteiger partial charge in [-0.3, -0.25) is 4.79 Å². The molecule has 2 aliphatic rings. The number of sulfonamides is 1. The van der Waals surface area contributed by atoms with Gasteiger partial charge in [0.05, 0.1) is 4.90 Å². The molecule has 2 N–H and O–H groups in total. The number of rotatable bonds is 6. The van der Waals surface area contributed by atoms with Crippen LogP contribution in [0.25, 0.3) is 5.78 Å². The SMILES string of the molecule is Cc1cc(C)n2nc(C(=O)Nc3ccc(S(=O)(=O)N[C@H](C)[C@H]4C[C@@H]5CC[C@@H]4C5)cc3)nc2n1. The van der Waals surface area contributed by atoms with Crippen molar-refractivity contribution in [3.8, 4) is 0 Å². The molecule has 0 aliphatic heterocycles. The quantitative estimate of drug-likeness (QED) is 0.574. The number of fused-ring (bicyclic) bond motifs is 3. The first-order valence-electron chi connectivity index (χ1n) is 11.3. The Morgan fingerprint density at radius 1 is 1.12 bits per heavy atom. The lowest BCUT2D eigenvalue weighted by atomic mass is 9.84. The van der Waals surface area contributed by atoms with Gasteiger partial charge in [0.25, 0.3) is 11.7 Å². The van der Waals surface area contributed by atoms with Crippen molar-refractivity contribution in [1.29, 1.82) is 0 Å². The van der Waals surface area contributed by atoms with Crippen molar-refractivity contribution < 1.29 is 13.2 Å². The van der Waals surface area contributed by atoms with Gasteiger partial charge >= 0.3 is 0 Å². The summed E-state index contributed by atoms with van der Waals surface area (Å²) in [6.07, 6.45) is 4.85. The molecule has 0 spiro atoms. The monoisotopic (exact) mass is 468 g/mol. The molecule has 0 radical (unpaired) electrons. The minimum atomic E-state index is -3.64. The fraction of sp³-hybridized carbons (Fsp3) is 0.478. The molecule has 0 unspecified atom stereocenters. The van der Waals surface area contributed by atoms with Crippen molar-refractivity contribution in [2.24, 2.45) is 17.8 Å². The Kier molecular flexibility index (Phi) is 5.44. The molecule has 2 heterocycles. The van der Waals surface area contributed by atoms with Gasteiger partial charge in [-0.2, -0.15) is 4.98 Å². The van der Waals surface area contributed by atoms with Crippen LogP contribution in [0.1, 0.15) is 54.6 Å². The van der Waals surface area contributed by atoms with Gasteiger partial charge in [0, 0.05) is 23.1 Å². The van der Waals surface area contributed by atoms with E-state index in [4.69, 9.17) is 0 Å². The molecule has 10 heteroatoms. The van der Waals surface area contributed by atoms with Gasteiger partial charge in [-0.25, -0.2) is 22.6 Å². The van der Waals surface area contributed by atoms with E-state index in [9.17, 15) is 13.2 Å². The maximum atomic E-state index is 12.9. The van der Waals surface area contributed by atoms with Crippen LogP contribution in [0.15, 0.2) is 35.2 Å². The normalized spacial score (nSPS) is 23.2. The van der Waals surface area contributed by atoms with Crippen molar-refractivity contribution in [2.45, 2.75) is 57.4 Å². The van der Waals surface area contributed by atoms with Crippen LogP contribution in [-0.4, -0.2) is 39.9 Å². The largest absolute Gasteiger partial charge is 0.319 e. The summed E-state index contributed by atoms with van der Waals surface area (Å²) in [6, 6.07) is 7.90. The Labute approximate surface area is 193 Å². The predicted molar refractivity (Wildman–Crippen MR) is 123 cm³/mol. The summed E-state index contributed by atoms with van der Waals surface area (Å²) in [5, 5.41) is 6.93. The van der Waals surface area contributed by atoms with Crippen molar-refractivity contribution in [2.75, 3.05) is 5.32 Å². The molecule has 2 fully saturated rings. The van der Waals surface area contributed by atoms with E-state index < -0.39 is 15.9 Å². The third kappa shape index (κ3) is 4.24. The van der Waals surface area contributed by atoms with Crippen LogP contribution in [0, 0.1) is 31.6 Å². The standard InChI is InChI=1S/C23H28N6O3S/c1-13-10-14(2)29-23(24-13)26-21(27-29)22(30)25-18-6-8-19(9-7-18)33(31,32)28-15(3)20-12-16-4-5-17(20)11-16/h6-10,15-17,20,28H,4-5,11-12H2,1-3H3,(H,25,30)/t15-,16-,17-,20-/m1/s1. The van der Waals surface area contributed by atoms with Gasteiger partial charge in [0.1, 0.15) is 0 Å². The number of carbonyl (C=O) groups is 1. The van der Waals surface area contributed by atoms with E-state index in [1.54, 1.807) is 12.1 Å². The summed E-state index contributed by atoms with van der Waals surface area (Å²) in [6.45, 7) is 5.69. The summed E-state index contributed by atoms with van der Waals surface area (Å²) in [5.41, 5.74) is 2.07. The Bertz CT molecular complexity index is 1320. The van der Waals surface area contributed by atoms with E-state index in [1.165, 1.54) is 35.9 Å². The zero-order chi connectivity index (χ0) is 23.3. The number of hydrogen-bond acceptors (Lipinski definition) is 6. The van der Waals surface area contributed by atoms with Crippen molar-refractivity contribution in [3.63, 3.8) is 0 Å². The average Bonchev–Trinajstić information content (AvgIpc) is 3.49. The van der Waals surface area contributed by atoms with Crippen LogP contribution in [0.3, 0.4) is 0 Å². The number of anilines is 1. The molecule has 9 nitrogen and oxygen atoms in total. The molecule has 1 amide bonds. The first-order valence-corrected chi connectivity index (χ1v) is 12.8. The Balaban J connectivity index is 1.26. The van der Waals surface area contributed by atoms with Crippen LogP contribution < -0.4 is 10.0 Å². The molecule has 3 aromatic rings. The highest BCUT2D eigenvalue weighted by Crippen LogP contribution is 2.49. The second-order valence-corrected chi connectivity index (χ2v) is 11.1. The Morgan fingerprint density at radius 2 is 1.88 bits per heavy atom. The van der Waals surface area contributed by atoms with Crippen molar-refractivity contribution >= 4 is 27.4 Å². The predicted octanol–water partition coefficient (Wildman–Crippen LogP) is 3.10. The summed E-state index contributed by atoms with van der Waals surface area (Å²) in [5.74, 6) is 1.68. The summed E-state index contributed by atoms with van der Waals surface area (Å²) >= 11 is 0. The van der Waals surface area contributed by atoms with Gasteiger partial charge < -0.3 is 5.32 Å². The van der Waals surface area contributed by atoms with Crippen LogP contribution in [-0.2, 0) is 10.0 Å². The van der Waals surface area contributed by atoms with E-state index in [-0.39, 0.29) is 16.8 Å². The molecule has 33 heavy (non-hydrogen) atoms. The second kappa shape index (κ2) is 8.18. The molecule has 2 bridgehead atoms. The maximum absolute atomic E-state index is 12.9. The van der Waals surface area contributed by atoms with Crippen LogP contribution in [0.5, 0.6) is 0 Å². The number of nitrogens with zero attached hydrogens (tertiary/aromatic N) is 4. The number of nitrogens with one attached hydrogen (secondary N) is 2.